The van der Waals surface area contributed by atoms with Crippen molar-refractivity contribution in [2.75, 3.05) is 26.3 Å². The van der Waals surface area contributed by atoms with E-state index in [1.807, 2.05) is 6.07 Å². The molecule has 0 radical (unpaired) electrons. The molecule has 0 aliphatic carbocycles. The van der Waals surface area contributed by atoms with Gasteiger partial charge in [-0.15, -0.1) is 11.3 Å². The first-order valence-corrected chi connectivity index (χ1v) is 9.79. The summed E-state index contributed by atoms with van der Waals surface area (Å²) in [5, 5.41) is 0.799. The lowest BCUT2D eigenvalue weighted by atomic mass is 10.0. The fraction of sp³-hybridized carbons (Fsp3) is 0.250. The molecule has 1 aromatic carbocycles. The van der Waals surface area contributed by atoms with Crippen molar-refractivity contribution in [1.82, 2.24) is 9.88 Å². The number of halogens is 1. The molecule has 29 heavy (non-hydrogen) atoms. The molecule has 9 heteroatoms. The first kappa shape index (κ1) is 19.3. The van der Waals surface area contributed by atoms with E-state index in [1.165, 1.54) is 35.6 Å². The van der Waals surface area contributed by atoms with Crippen molar-refractivity contribution in [1.29, 1.82) is 0 Å². The van der Waals surface area contributed by atoms with Gasteiger partial charge >= 0.3 is 0 Å². The largest absolute Gasteiger partial charge is 0.484 e. The molecular weight excluding hydrogens is 397 g/mol. The van der Waals surface area contributed by atoms with Crippen LogP contribution in [0.3, 0.4) is 0 Å². The maximum absolute atomic E-state index is 13.0. The van der Waals surface area contributed by atoms with Crippen LogP contribution in [0.1, 0.15) is 21.3 Å². The molecule has 3 heterocycles. The van der Waals surface area contributed by atoms with Gasteiger partial charge in [0.25, 0.3) is 11.8 Å². The molecule has 4 rings (SSSR count). The molecule has 2 N–H and O–H groups in total. The number of amides is 2. The van der Waals surface area contributed by atoms with Crippen LogP contribution in [0.25, 0.3) is 10.2 Å². The highest BCUT2D eigenvalue weighted by Gasteiger charge is 2.31. The van der Waals surface area contributed by atoms with Crippen molar-refractivity contribution in [3.63, 3.8) is 0 Å². The fourth-order valence-corrected chi connectivity index (χ4v) is 4.32. The Labute approximate surface area is 169 Å². The summed E-state index contributed by atoms with van der Waals surface area (Å²) in [5.41, 5.74) is 6.23. The third kappa shape index (κ3) is 4.06. The van der Waals surface area contributed by atoms with Gasteiger partial charge in [0.05, 0.1) is 13.2 Å². The van der Waals surface area contributed by atoms with Crippen LogP contribution in [-0.4, -0.2) is 48.0 Å². The third-order valence-corrected chi connectivity index (χ3v) is 5.79. The zero-order chi connectivity index (χ0) is 20.4. The molecule has 1 atom stereocenters. The zero-order valence-corrected chi connectivity index (χ0v) is 16.2. The predicted molar refractivity (Wildman–Crippen MR) is 105 cm³/mol. The van der Waals surface area contributed by atoms with E-state index in [0.29, 0.717) is 34.2 Å². The summed E-state index contributed by atoms with van der Waals surface area (Å²) in [6, 6.07) is 9.12. The Morgan fingerprint density at radius 2 is 2.10 bits per heavy atom. The average molecular weight is 415 g/mol. The minimum Gasteiger partial charge on any atom is -0.484 e. The predicted octanol–water partition coefficient (Wildman–Crippen LogP) is 2.51. The Morgan fingerprint density at radius 3 is 2.86 bits per heavy atom. The van der Waals surface area contributed by atoms with Gasteiger partial charge in [-0.2, -0.15) is 0 Å². The fourth-order valence-electron chi connectivity index (χ4n) is 3.27. The normalized spacial score (nSPS) is 16.7. The summed E-state index contributed by atoms with van der Waals surface area (Å²) >= 11 is 1.22. The standard InChI is InChI=1S/C20H18FN3O4S/c21-12-3-5-13(6-4-12)28-11-16(25)24-8-9-27-15(10-24)17-14-2-1-7-23-20(14)29-18(17)19(22)26/h1-7,15H,8-11H2,(H2,22,26)/t15-/m1/s1. The number of carbonyl (C=O) groups is 2. The van der Waals surface area contributed by atoms with Gasteiger partial charge in [0, 0.05) is 23.7 Å². The van der Waals surface area contributed by atoms with E-state index in [-0.39, 0.29) is 24.9 Å². The van der Waals surface area contributed by atoms with Gasteiger partial charge < -0.3 is 20.1 Å². The van der Waals surface area contributed by atoms with Crippen LogP contribution in [0, 0.1) is 5.82 Å². The number of hydrogen-bond donors (Lipinski definition) is 1. The van der Waals surface area contributed by atoms with E-state index in [1.54, 1.807) is 17.2 Å². The lowest BCUT2D eigenvalue weighted by molar-refractivity contribution is -0.141. The monoisotopic (exact) mass is 415 g/mol. The van der Waals surface area contributed by atoms with Crippen molar-refractivity contribution in [2.24, 2.45) is 5.73 Å². The number of benzene rings is 1. The minimum absolute atomic E-state index is 0.174. The molecule has 1 aliphatic heterocycles. The number of primary amides is 1. The number of carbonyl (C=O) groups excluding carboxylic acids is 2. The van der Waals surface area contributed by atoms with Gasteiger partial charge in [-0.05, 0) is 30.3 Å². The second-order valence-electron chi connectivity index (χ2n) is 6.51. The number of morpholine rings is 1. The van der Waals surface area contributed by atoms with E-state index >= 15 is 0 Å². The molecule has 3 aromatic rings. The van der Waals surface area contributed by atoms with Gasteiger partial charge in [-0.3, -0.25) is 9.59 Å². The number of aromatic nitrogens is 1. The average Bonchev–Trinajstić information content (AvgIpc) is 3.13. The number of ether oxygens (including phenoxy) is 2. The van der Waals surface area contributed by atoms with Crippen LogP contribution in [-0.2, 0) is 9.53 Å². The van der Waals surface area contributed by atoms with E-state index in [4.69, 9.17) is 15.2 Å². The summed E-state index contributed by atoms with van der Waals surface area (Å²) in [4.78, 5) is 31.6. The van der Waals surface area contributed by atoms with Gasteiger partial charge in [0.2, 0.25) is 0 Å². The first-order chi connectivity index (χ1) is 14.0. The number of thiophene rings is 1. The molecule has 7 nitrogen and oxygen atoms in total. The summed E-state index contributed by atoms with van der Waals surface area (Å²) < 4.78 is 24.3. The molecule has 0 saturated carbocycles. The summed E-state index contributed by atoms with van der Waals surface area (Å²) in [6.07, 6.45) is 1.16. The Morgan fingerprint density at radius 1 is 1.31 bits per heavy atom. The highest BCUT2D eigenvalue weighted by molar-refractivity contribution is 7.20. The summed E-state index contributed by atoms with van der Waals surface area (Å²) in [7, 11) is 0. The summed E-state index contributed by atoms with van der Waals surface area (Å²) in [6.45, 7) is 0.830. The number of nitrogens with two attached hydrogens (primary N) is 1. The maximum Gasteiger partial charge on any atom is 0.260 e. The second-order valence-corrected chi connectivity index (χ2v) is 7.51. The highest BCUT2D eigenvalue weighted by atomic mass is 32.1. The molecule has 1 fully saturated rings. The van der Waals surface area contributed by atoms with Gasteiger partial charge in [-0.1, -0.05) is 6.07 Å². The number of hydrogen-bond acceptors (Lipinski definition) is 6. The van der Waals surface area contributed by atoms with E-state index in [0.717, 1.165) is 5.39 Å². The Hall–Kier alpha value is -3.04. The minimum atomic E-state index is -0.547. The van der Waals surface area contributed by atoms with Gasteiger partial charge in [0.1, 0.15) is 27.4 Å². The smallest absolute Gasteiger partial charge is 0.260 e. The Balaban J connectivity index is 1.50. The van der Waals surface area contributed by atoms with E-state index in [2.05, 4.69) is 4.98 Å². The maximum atomic E-state index is 13.0. The number of fused-ring (bicyclic) bond motifs is 1. The highest BCUT2D eigenvalue weighted by Crippen LogP contribution is 2.37. The van der Waals surface area contributed by atoms with Gasteiger partial charge in [0.15, 0.2) is 6.61 Å². The molecule has 0 bridgehead atoms. The molecular formula is C20H18FN3O4S. The molecule has 2 aromatic heterocycles. The molecule has 150 valence electrons. The SMILES string of the molecule is NC(=O)c1sc2ncccc2c1[C@H]1CN(C(=O)COc2ccc(F)cc2)CCO1. The van der Waals surface area contributed by atoms with Crippen molar-refractivity contribution < 1.29 is 23.5 Å². The number of pyridine rings is 1. The van der Waals surface area contributed by atoms with Crippen molar-refractivity contribution >= 4 is 33.4 Å². The molecule has 0 spiro atoms. The van der Waals surface area contributed by atoms with Crippen LogP contribution in [0.4, 0.5) is 4.39 Å². The first-order valence-electron chi connectivity index (χ1n) is 8.98. The van der Waals surface area contributed by atoms with Crippen molar-refractivity contribution in [3.05, 3.63) is 58.9 Å². The van der Waals surface area contributed by atoms with Crippen LogP contribution in [0.15, 0.2) is 42.6 Å². The molecule has 1 aliphatic rings. The van der Waals surface area contributed by atoms with Crippen LogP contribution in [0.5, 0.6) is 5.75 Å². The van der Waals surface area contributed by atoms with E-state index < -0.39 is 12.0 Å². The van der Waals surface area contributed by atoms with Crippen LogP contribution >= 0.6 is 11.3 Å². The van der Waals surface area contributed by atoms with Crippen molar-refractivity contribution in [2.45, 2.75) is 6.10 Å². The van der Waals surface area contributed by atoms with E-state index in [9.17, 15) is 14.0 Å². The molecule has 2 amide bonds. The Bertz CT molecular complexity index is 1050. The topological polar surface area (TPSA) is 94.8 Å². The molecule has 0 unspecified atom stereocenters. The van der Waals surface area contributed by atoms with Gasteiger partial charge in [-0.25, -0.2) is 9.37 Å². The number of rotatable bonds is 5. The second kappa shape index (κ2) is 8.14. The third-order valence-electron chi connectivity index (χ3n) is 4.65. The number of nitrogens with zero attached hydrogens (tertiary/aromatic N) is 2. The summed E-state index contributed by atoms with van der Waals surface area (Å²) in [5.74, 6) is -0.728. The Kier molecular flexibility index (Phi) is 5.41. The van der Waals surface area contributed by atoms with Crippen LogP contribution < -0.4 is 10.5 Å². The molecule has 1 saturated heterocycles. The van der Waals surface area contributed by atoms with Crippen LogP contribution in [0.2, 0.25) is 0 Å². The van der Waals surface area contributed by atoms with Crippen molar-refractivity contribution in [3.8, 4) is 5.75 Å². The quantitative estimate of drug-likeness (QED) is 0.691. The zero-order valence-electron chi connectivity index (χ0n) is 15.3. The lowest BCUT2D eigenvalue weighted by Crippen LogP contribution is -2.44. The lowest BCUT2D eigenvalue weighted by Gasteiger charge is -2.33.